The number of methoxy groups -OCH3 is 1. The van der Waals surface area contributed by atoms with Gasteiger partial charge in [-0.2, -0.15) is 0 Å². The van der Waals surface area contributed by atoms with Crippen molar-refractivity contribution in [2.45, 2.75) is 24.7 Å². The second kappa shape index (κ2) is 8.62. The van der Waals surface area contributed by atoms with Gasteiger partial charge in [0.2, 0.25) is 5.91 Å². The minimum Gasteiger partial charge on any atom is -0.375 e. The molecule has 29 heavy (non-hydrogen) atoms. The Kier molecular flexibility index (Phi) is 6.19. The topological polar surface area (TPSA) is 105 Å². The van der Waals surface area contributed by atoms with Crippen LogP contribution in [0.1, 0.15) is 18.9 Å². The highest BCUT2D eigenvalue weighted by Crippen LogP contribution is 2.30. The molecular formula is C20H23N3O5S. The van der Waals surface area contributed by atoms with Gasteiger partial charge in [0.05, 0.1) is 4.90 Å². The molecule has 1 aliphatic rings. The van der Waals surface area contributed by atoms with Crippen molar-refractivity contribution in [2.75, 3.05) is 35.2 Å². The Bertz CT molecular complexity index is 1020. The van der Waals surface area contributed by atoms with E-state index in [0.717, 1.165) is 24.1 Å². The van der Waals surface area contributed by atoms with Crippen molar-refractivity contribution >= 4 is 38.9 Å². The summed E-state index contributed by atoms with van der Waals surface area (Å²) < 4.78 is 32.9. The van der Waals surface area contributed by atoms with E-state index in [2.05, 4.69) is 10.0 Å². The highest BCUT2D eigenvalue weighted by molar-refractivity contribution is 7.92. The van der Waals surface area contributed by atoms with Gasteiger partial charge in [-0.15, -0.1) is 0 Å². The molecule has 1 heterocycles. The first-order chi connectivity index (χ1) is 13.8. The molecule has 0 bridgehead atoms. The number of amides is 2. The number of benzene rings is 2. The van der Waals surface area contributed by atoms with Crippen molar-refractivity contribution in [3.63, 3.8) is 0 Å². The number of carbonyl (C=O) groups excluding carboxylic acids is 2. The van der Waals surface area contributed by atoms with Gasteiger partial charge in [0.25, 0.3) is 15.9 Å². The highest BCUT2D eigenvalue weighted by Gasteiger charge is 2.23. The summed E-state index contributed by atoms with van der Waals surface area (Å²) in [4.78, 5) is 25.1. The predicted molar refractivity (Wildman–Crippen MR) is 111 cm³/mol. The molecule has 154 valence electrons. The Hall–Kier alpha value is -2.91. The van der Waals surface area contributed by atoms with Crippen molar-refractivity contribution in [1.82, 2.24) is 0 Å². The third kappa shape index (κ3) is 4.93. The van der Waals surface area contributed by atoms with E-state index in [4.69, 9.17) is 4.74 Å². The van der Waals surface area contributed by atoms with E-state index in [1.54, 1.807) is 23.1 Å². The van der Waals surface area contributed by atoms with Gasteiger partial charge >= 0.3 is 0 Å². The number of hydrogen-bond acceptors (Lipinski definition) is 5. The largest absolute Gasteiger partial charge is 0.375 e. The summed E-state index contributed by atoms with van der Waals surface area (Å²) in [7, 11) is -2.31. The van der Waals surface area contributed by atoms with E-state index in [1.807, 2.05) is 0 Å². The van der Waals surface area contributed by atoms with Crippen LogP contribution in [-0.4, -0.2) is 40.5 Å². The number of carbonyl (C=O) groups is 2. The number of anilines is 3. The third-order valence-electron chi connectivity index (χ3n) is 4.50. The molecule has 0 aromatic heterocycles. The number of aryl methyl sites for hydroxylation is 1. The summed E-state index contributed by atoms with van der Waals surface area (Å²) in [5.41, 5.74) is 2.63. The van der Waals surface area contributed by atoms with Crippen molar-refractivity contribution in [2.24, 2.45) is 0 Å². The third-order valence-corrected chi connectivity index (χ3v) is 5.90. The van der Waals surface area contributed by atoms with Gasteiger partial charge < -0.3 is 15.0 Å². The van der Waals surface area contributed by atoms with Gasteiger partial charge in [0, 0.05) is 37.6 Å². The Morgan fingerprint density at radius 3 is 2.45 bits per heavy atom. The molecule has 0 saturated heterocycles. The molecule has 2 amide bonds. The molecule has 0 radical (unpaired) electrons. The molecule has 0 fully saturated rings. The molecule has 0 spiro atoms. The standard InChI is InChI=1S/C20H23N3O5S/c1-14(24)21-16-5-8-18(9-6-16)29(26,27)22-17-7-10-19-15(12-17)4-3-11-23(19)20(25)13-28-2/h5-10,12,22H,3-4,11,13H2,1-2H3,(H,21,24). The predicted octanol–water partition coefficient (Wildman–Crippen LogP) is 2.37. The fourth-order valence-electron chi connectivity index (χ4n) is 3.26. The Morgan fingerprint density at radius 1 is 1.10 bits per heavy atom. The first-order valence-corrected chi connectivity index (χ1v) is 10.6. The molecule has 2 N–H and O–H groups in total. The number of fused-ring (bicyclic) bond motifs is 1. The summed E-state index contributed by atoms with van der Waals surface area (Å²) in [6.07, 6.45) is 1.55. The van der Waals surface area contributed by atoms with Crippen LogP contribution in [0.4, 0.5) is 17.1 Å². The van der Waals surface area contributed by atoms with Crippen LogP contribution in [0.25, 0.3) is 0 Å². The average Bonchev–Trinajstić information content (AvgIpc) is 2.67. The molecule has 0 aliphatic carbocycles. The molecule has 2 aromatic carbocycles. The molecule has 3 rings (SSSR count). The van der Waals surface area contributed by atoms with Crippen molar-refractivity contribution in [1.29, 1.82) is 0 Å². The number of ether oxygens (including phenoxy) is 1. The highest BCUT2D eigenvalue weighted by atomic mass is 32.2. The summed E-state index contributed by atoms with van der Waals surface area (Å²) >= 11 is 0. The van der Waals surface area contributed by atoms with Crippen LogP contribution >= 0.6 is 0 Å². The maximum atomic E-state index is 12.7. The zero-order chi connectivity index (χ0) is 21.0. The number of rotatable bonds is 6. The van der Waals surface area contributed by atoms with Crippen LogP contribution < -0.4 is 14.9 Å². The second-order valence-electron chi connectivity index (χ2n) is 6.74. The molecule has 2 aromatic rings. The van der Waals surface area contributed by atoms with Gasteiger partial charge in [0.15, 0.2) is 0 Å². The van der Waals surface area contributed by atoms with Gasteiger partial charge in [-0.3, -0.25) is 14.3 Å². The van der Waals surface area contributed by atoms with Gasteiger partial charge in [0.1, 0.15) is 6.61 Å². The van der Waals surface area contributed by atoms with Gasteiger partial charge in [-0.05, 0) is 60.9 Å². The molecule has 8 nitrogen and oxygen atoms in total. The Balaban J connectivity index is 1.79. The van der Waals surface area contributed by atoms with Crippen molar-refractivity contribution in [3.05, 3.63) is 48.0 Å². The number of hydrogen-bond donors (Lipinski definition) is 2. The maximum absolute atomic E-state index is 12.7. The smallest absolute Gasteiger partial charge is 0.261 e. The zero-order valence-corrected chi connectivity index (χ0v) is 17.1. The first-order valence-electron chi connectivity index (χ1n) is 9.13. The number of nitrogens with one attached hydrogen (secondary N) is 2. The Labute approximate surface area is 169 Å². The van der Waals surface area contributed by atoms with E-state index < -0.39 is 10.0 Å². The lowest BCUT2D eigenvalue weighted by atomic mass is 10.0. The van der Waals surface area contributed by atoms with Crippen LogP contribution in [0.15, 0.2) is 47.4 Å². The van der Waals surface area contributed by atoms with E-state index in [9.17, 15) is 18.0 Å². The quantitative estimate of drug-likeness (QED) is 0.751. The lowest BCUT2D eigenvalue weighted by Gasteiger charge is -2.29. The maximum Gasteiger partial charge on any atom is 0.261 e. The number of nitrogens with zero attached hydrogens (tertiary/aromatic N) is 1. The van der Waals surface area contributed by atoms with Crippen LogP contribution in [0.2, 0.25) is 0 Å². The molecule has 0 saturated carbocycles. The van der Waals surface area contributed by atoms with Crippen molar-refractivity contribution < 1.29 is 22.7 Å². The summed E-state index contributed by atoms with van der Waals surface area (Å²) in [5.74, 6) is -0.355. The minimum atomic E-state index is -3.79. The SMILES string of the molecule is COCC(=O)N1CCCc2cc(NS(=O)(=O)c3ccc(NC(C)=O)cc3)ccc21. The average molecular weight is 417 g/mol. The van der Waals surface area contributed by atoms with Gasteiger partial charge in [-0.1, -0.05) is 0 Å². The molecule has 0 atom stereocenters. The first kappa shape index (κ1) is 20.8. The fraction of sp³-hybridized carbons (Fsp3) is 0.300. The summed E-state index contributed by atoms with van der Waals surface area (Å²) in [6, 6.07) is 11.1. The van der Waals surface area contributed by atoms with Crippen LogP contribution in [0.3, 0.4) is 0 Å². The number of sulfonamides is 1. The molecule has 0 unspecified atom stereocenters. The lowest BCUT2D eigenvalue weighted by molar-refractivity contribution is -0.122. The van der Waals surface area contributed by atoms with Gasteiger partial charge in [-0.25, -0.2) is 8.42 Å². The van der Waals surface area contributed by atoms with E-state index >= 15 is 0 Å². The van der Waals surface area contributed by atoms with E-state index in [1.165, 1.54) is 38.3 Å². The van der Waals surface area contributed by atoms with E-state index in [0.29, 0.717) is 17.9 Å². The second-order valence-corrected chi connectivity index (χ2v) is 8.42. The van der Waals surface area contributed by atoms with E-state index in [-0.39, 0.29) is 23.3 Å². The zero-order valence-electron chi connectivity index (χ0n) is 16.3. The normalized spacial score (nSPS) is 13.5. The van der Waals surface area contributed by atoms with Crippen molar-refractivity contribution in [3.8, 4) is 0 Å². The van der Waals surface area contributed by atoms with Crippen LogP contribution in [0.5, 0.6) is 0 Å². The molecule has 1 aliphatic heterocycles. The monoisotopic (exact) mass is 417 g/mol. The lowest BCUT2D eigenvalue weighted by Crippen LogP contribution is -2.37. The molecular weight excluding hydrogens is 394 g/mol. The van der Waals surface area contributed by atoms with Crippen LogP contribution in [0, 0.1) is 0 Å². The fourth-order valence-corrected chi connectivity index (χ4v) is 4.31. The Morgan fingerprint density at radius 2 is 1.79 bits per heavy atom. The summed E-state index contributed by atoms with van der Waals surface area (Å²) in [5, 5.41) is 2.59. The van der Waals surface area contributed by atoms with Crippen LogP contribution in [-0.2, 0) is 30.8 Å². The molecule has 9 heteroatoms. The summed E-state index contributed by atoms with van der Waals surface area (Å²) in [6.45, 7) is 2.00. The minimum absolute atomic E-state index is 0.00228.